The van der Waals surface area contributed by atoms with Crippen LogP contribution in [0, 0.1) is 0 Å². The molecule has 1 atom stereocenters. The van der Waals surface area contributed by atoms with Gasteiger partial charge in [0.1, 0.15) is 12.7 Å². The fourth-order valence-electron chi connectivity index (χ4n) is 3.26. The fourth-order valence-corrected chi connectivity index (χ4v) is 3.26. The SMILES string of the molecule is CCCCCCCCC1=C(C)C(OCC(=O)OC)c2ccccc2N1. The molecule has 0 spiro atoms. The maximum atomic E-state index is 11.5. The number of anilines is 1. The summed E-state index contributed by atoms with van der Waals surface area (Å²) in [6, 6.07) is 8.14. The zero-order valence-corrected chi connectivity index (χ0v) is 15.8. The van der Waals surface area contributed by atoms with Crippen LogP contribution in [0.2, 0.25) is 0 Å². The fraction of sp³-hybridized carbons (Fsp3) is 0.571. The number of carbonyl (C=O) groups is 1. The van der Waals surface area contributed by atoms with Gasteiger partial charge in [0.25, 0.3) is 0 Å². The van der Waals surface area contributed by atoms with Gasteiger partial charge in [0.2, 0.25) is 0 Å². The number of hydrogen-bond acceptors (Lipinski definition) is 4. The van der Waals surface area contributed by atoms with Gasteiger partial charge in [-0.2, -0.15) is 0 Å². The van der Waals surface area contributed by atoms with Crippen molar-refractivity contribution in [3.8, 4) is 0 Å². The van der Waals surface area contributed by atoms with Crippen molar-refractivity contribution < 1.29 is 14.3 Å². The minimum atomic E-state index is -0.346. The molecule has 2 rings (SSSR count). The van der Waals surface area contributed by atoms with Gasteiger partial charge in [0, 0.05) is 16.9 Å². The summed E-state index contributed by atoms with van der Waals surface area (Å²) in [6.07, 6.45) is 8.51. The van der Waals surface area contributed by atoms with Crippen LogP contribution < -0.4 is 5.32 Å². The molecule has 0 saturated carbocycles. The number of ether oxygens (including phenoxy) is 2. The van der Waals surface area contributed by atoms with Crippen molar-refractivity contribution >= 4 is 11.7 Å². The van der Waals surface area contributed by atoms with Gasteiger partial charge >= 0.3 is 5.97 Å². The van der Waals surface area contributed by atoms with Gasteiger partial charge in [-0.3, -0.25) is 0 Å². The van der Waals surface area contributed by atoms with Crippen LogP contribution in [0.1, 0.15) is 70.5 Å². The van der Waals surface area contributed by atoms with Gasteiger partial charge in [-0.05, 0) is 31.4 Å². The monoisotopic (exact) mass is 345 g/mol. The van der Waals surface area contributed by atoms with E-state index in [0.29, 0.717) is 0 Å². The first kappa shape index (κ1) is 19.5. The molecule has 25 heavy (non-hydrogen) atoms. The third-order valence-corrected chi connectivity index (χ3v) is 4.77. The van der Waals surface area contributed by atoms with Gasteiger partial charge in [0.15, 0.2) is 0 Å². The van der Waals surface area contributed by atoms with Crippen molar-refractivity contribution in [1.82, 2.24) is 0 Å². The van der Waals surface area contributed by atoms with E-state index in [1.165, 1.54) is 51.3 Å². The smallest absolute Gasteiger partial charge is 0.331 e. The van der Waals surface area contributed by atoms with Crippen LogP contribution >= 0.6 is 0 Å². The molecule has 0 fully saturated rings. The number of unbranched alkanes of at least 4 members (excludes halogenated alkanes) is 5. The first-order chi connectivity index (χ1) is 12.2. The number of allylic oxidation sites excluding steroid dienone is 1. The summed E-state index contributed by atoms with van der Waals surface area (Å²) >= 11 is 0. The molecule has 1 aromatic carbocycles. The number of para-hydroxylation sites is 1. The molecule has 4 nitrogen and oxygen atoms in total. The van der Waals surface area contributed by atoms with E-state index in [-0.39, 0.29) is 18.7 Å². The molecule has 1 heterocycles. The minimum absolute atomic E-state index is 0.0306. The lowest BCUT2D eigenvalue weighted by atomic mass is 9.93. The second-order valence-electron chi connectivity index (χ2n) is 6.66. The first-order valence-electron chi connectivity index (χ1n) is 9.41. The molecule has 0 aromatic heterocycles. The number of fused-ring (bicyclic) bond motifs is 1. The number of carbonyl (C=O) groups excluding carboxylic acids is 1. The molecular formula is C21H31NO3. The Balaban J connectivity index is 2.01. The largest absolute Gasteiger partial charge is 0.467 e. The highest BCUT2D eigenvalue weighted by atomic mass is 16.6. The molecule has 4 heteroatoms. The zero-order valence-electron chi connectivity index (χ0n) is 15.8. The molecule has 0 radical (unpaired) electrons. The maximum absolute atomic E-state index is 11.5. The molecule has 1 aliphatic heterocycles. The van der Waals surface area contributed by atoms with E-state index >= 15 is 0 Å². The molecule has 1 aromatic rings. The van der Waals surface area contributed by atoms with Crippen LogP contribution in [0.15, 0.2) is 35.5 Å². The van der Waals surface area contributed by atoms with Crippen LogP contribution in [0.3, 0.4) is 0 Å². The van der Waals surface area contributed by atoms with Crippen molar-refractivity contribution in [2.75, 3.05) is 19.0 Å². The number of benzene rings is 1. The summed E-state index contributed by atoms with van der Waals surface area (Å²) < 4.78 is 10.6. The van der Waals surface area contributed by atoms with Crippen LogP contribution in [0.4, 0.5) is 5.69 Å². The van der Waals surface area contributed by atoms with Crippen molar-refractivity contribution in [1.29, 1.82) is 0 Å². The quantitative estimate of drug-likeness (QED) is 0.457. The van der Waals surface area contributed by atoms with Crippen LogP contribution in [-0.4, -0.2) is 19.7 Å². The Kier molecular flexibility index (Phi) is 7.99. The van der Waals surface area contributed by atoms with Crippen molar-refractivity contribution in [3.05, 3.63) is 41.1 Å². The number of hydrogen-bond donors (Lipinski definition) is 1. The van der Waals surface area contributed by atoms with E-state index in [1.807, 2.05) is 12.1 Å². The van der Waals surface area contributed by atoms with Gasteiger partial charge in [0.05, 0.1) is 7.11 Å². The summed E-state index contributed by atoms with van der Waals surface area (Å²) in [4.78, 5) is 11.5. The van der Waals surface area contributed by atoms with E-state index in [1.54, 1.807) is 0 Å². The highest BCUT2D eigenvalue weighted by molar-refractivity contribution is 5.70. The molecule has 1 unspecified atom stereocenters. The predicted octanol–water partition coefficient (Wildman–Crippen LogP) is 5.37. The van der Waals surface area contributed by atoms with Gasteiger partial charge in [-0.15, -0.1) is 0 Å². The maximum Gasteiger partial charge on any atom is 0.331 e. The molecule has 138 valence electrons. The van der Waals surface area contributed by atoms with E-state index < -0.39 is 0 Å². The average molecular weight is 345 g/mol. The molecular weight excluding hydrogens is 314 g/mol. The highest BCUT2D eigenvalue weighted by Crippen LogP contribution is 2.39. The average Bonchev–Trinajstić information content (AvgIpc) is 2.64. The highest BCUT2D eigenvalue weighted by Gasteiger charge is 2.26. The second kappa shape index (κ2) is 10.2. The lowest BCUT2D eigenvalue weighted by Gasteiger charge is -2.30. The molecule has 1 aliphatic rings. The Labute approximate surface area is 151 Å². The van der Waals surface area contributed by atoms with Gasteiger partial charge < -0.3 is 14.8 Å². The van der Waals surface area contributed by atoms with Crippen molar-refractivity contribution in [2.24, 2.45) is 0 Å². The van der Waals surface area contributed by atoms with Gasteiger partial charge in [-0.25, -0.2) is 4.79 Å². The second-order valence-corrected chi connectivity index (χ2v) is 6.66. The Hall–Kier alpha value is -1.81. The Morgan fingerprint density at radius 1 is 1.12 bits per heavy atom. The summed E-state index contributed by atoms with van der Waals surface area (Å²) in [5, 5.41) is 3.56. The number of rotatable bonds is 10. The lowest BCUT2D eigenvalue weighted by molar-refractivity contribution is -0.147. The van der Waals surface area contributed by atoms with Crippen molar-refractivity contribution in [3.63, 3.8) is 0 Å². The van der Waals surface area contributed by atoms with Crippen LogP contribution in [0.25, 0.3) is 0 Å². The molecule has 0 bridgehead atoms. The van der Waals surface area contributed by atoms with Crippen LogP contribution in [-0.2, 0) is 14.3 Å². The first-order valence-corrected chi connectivity index (χ1v) is 9.41. The number of nitrogens with one attached hydrogen (secondary N) is 1. The molecule has 0 amide bonds. The summed E-state index contributed by atoms with van der Waals surface area (Å²) in [5.74, 6) is -0.346. The number of methoxy groups -OCH3 is 1. The normalized spacial score (nSPS) is 16.4. The summed E-state index contributed by atoms with van der Waals surface area (Å²) in [6.45, 7) is 4.31. The zero-order chi connectivity index (χ0) is 18.1. The van der Waals surface area contributed by atoms with Crippen molar-refractivity contribution in [2.45, 2.75) is 64.9 Å². The van der Waals surface area contributed by atoms with E-state index in [0.717, 1.165) is 23.2 Å². The Morgan fingerprint density at radius 3 is 2.60 bits per heavy atom. The summed E-state index contributed by atoms with van der Waals surface area (Å²) in [7, 11) is 1.38. The minimum Gasteiger partial charge on any atom is -0.467 e. The molecule has 0 aliphatic carbocycles. The van der Waals surface area contributed by atoms with Gasteiger partial charge in [-0.1, -0.05) is 57.2 Å². The third kappa shape index (κ3) is 5.60. The summed E-state index contributed by atoms with van der Waals surface area (Å²) in [5.41, 5.74) is 4.54. The van der Waals surface area contributed by atoms with Crippen LogP contribution in [0.5, 0.6) is 0 Å². The third-order valence-electron chi connectivity index (χ3n) is 4.77. The Morgan fingerprint density at radius 2 is 1.84 bits per heavy atom. The predicted molar refractivity (Wildman–Crippen MR) is 101 cm³/mol. The molecule has 1 N–H and O–H groups in total. The molecule has 0 saturated heterocycles. The topological polar surface area (TPSA) is 47.6 Å². The Bertz CT molecular complexity index is 595. The van der Waals surface area contributed by atoms with E-state index in [2.05, 4.69) is 31.3 Å². The standard InChI is InChI=1S/C21H31NO3/c1-4-5-6-7-8-9-13-18-16(2)21(25-15-20(23)24-3)17-12-10-11-14-19(17)22-18/h10-12,14,21-22H,4-9,13,15H2,1-3H3. The van der Waals surface area contributed by atoms with E-state index in [9.17, 15) is 4.79 Å². The number of esters is 1. The lowest BCUT2D eigenvalue weighted by Crippen LogP contribution is -2.21. The van der Waals surface area contributed by atoms with E-state index in [4.69, 9.17) is 9.47 Å².